The summed E-state index contributed by atoms with van der Waals surface area (Å²) >= 11 is 0. The molecule has 1 atom stereocenters. The zero-order valence-electron chi connectivity index (χ0n) is 17.2. The number of aryl methyl sites for hydroxylation is 2. The van der Waals surface area contributed by atoms with Gasteiger partial charge in [0.2, 0.25) is 10.0 Å². The number of sulfone groups is 1. The normalized spacial score (nSPS) is 18.0. The van der Waals surface area contributed by atoms with Gasteiger partial charge in [-0.3, -0.25) is 4.79 Å². The van der Waals surface area contributed by atoms with Crippen LogP contribution in [0, 0.1) is 13.8 Å². The molecule has 1 heterocycles. The Kier molecular flexibility index (Phi) is 5.90. The van der Waals surface area contributed by atoms with Crippen LogP contribution in [0.25, 0.3) is 0 Å². The van der Waals surface area contributed by atoms with Crippen LogP contribution >= 0.6 is 0 Å². The van der Waals surface area contributed by atoms with E-state index in [1.807, 2.05) is 32.0 Å². The van der Waals surface area contributed by atoms with Crippen LogP contribution in [-0.2, 0) is 19.9 Å². The van der Waals surface area contributed by atoms with Gasteiger partial charge in [0, 0.05) is 30.8 Å². The number of nitrogens with zero attached hydrogens (tertiary/aromatic N) is 2. The van der Waals surface area contributed by atoms with Crippen molar-refractivity contribution in [3.05, 3.63) is 70.6 Å². The fraction of sp³-hybridized carbons (Fsp3) is 0.286. The van der Waals surface area contributed by atoms with Crippen molar-refractivity contribution in [2.45, 2.75) is 24.8 Å². The molecule has 0 spiro atoms. The van der Waals surface area contributed by atoms with Crippen molar-refractivity contribution in [2.24, 2.45) is 0 Å². The first kappa shape index (κ1) is 22.2. The lowest BCUT2D eigenvalue weighted by Gasteiger charge is -2.28. The SMILES string of the molecule is Cc1cc(C)cc(N(C(=O)c2ccc(S(=O)(=O)N(C)C)cc2)C2C=CS(=O)(=O)C2)c1. The average molecular weight is 449 g/mol. The summed E-state index contributed by atoms with van der Waals surface area (Å²) in [5, 5.41) is 1.13. The summed E-state index contributed by atoms with van der Waals surface area (Å²) in [7, 11) is -4.13. The van der Waals surface area contributed by atoms with Crippen LogP contribution in [0.4, 0.5) is 5.69 Å². The number of carbonyl (C=O) groups is 1. The topological polar surface area (TPSA) is 91.8 Å². The maximum absolute atomic E-state index is 13.4. The Hall–Kier alpha value is -2.49. The number of sulfonamides is 1. The first-order valence-electron chi connectivity index (χ1n) is 9.26. The minimum Gasteiger partial charge on any atom is -0.300 e. The Morgan fingerprint density at radius 1 is 1.00 bits per heavy atom. The number of hydrogen-bond donors (Lipinski definition) is 0. The third kappa shape index (κ3) is 4.48. The highest BCUT2D eigenvalue weighted by molar-refractivity contribution is 7.94. The van der Waals surface area contributed by atoms with Crippen LogP contribution in [-0.4, -0.2) is 52.9 Å². The molecule has 0 radical (unpaired) electrons. The molecular weight excluding hydrogens is 424 g/mol. The molecule has 1 amide bonds. The van der Waals surface area contributed by atoms with E-state index >= 15 is 0 Å². The van der Waals surface area contributed by atoms with Gasteiger partial charge >= 0.3 is 0 Å². The predicted molar refractivity (Wildman–Crippen MR) is 117 cm³/mol. The molecule has 1 aliphatic rings. The molecule has 9 heteroatoms. The predicted octanol–water partition coefficient (Wildman–Crippen LogP) is 2.51. The van der Waals surface area contributed by atoms with Gasteiger partial charge in [0.15, 0.2) is 9.84 Å². The highest BCUT2D eigenvalue weighted by Gasteiger charge is 2.32. The maximum atomic E-state index is 13.4. The Bertz CT molecular complexity index is 1190. The van der Waals surface area contributed by atoms with Gasteiger partial charge in [-0.15, -0.1) is 0 Å². The van der Waals surface area contributed by atoms with Gasteiger partial charge in [-0.25, -0.2) is 21.1 Å². The number of rotatable bonds is 5. The van der Waals surface area contributed by atoms with Crippen molar-refractivity contribution in [1.29, 1.82) is 0 Å². The van der Waals surface area contributed by atoms with E-state index in [1.165, 1.54) is 49.3 Å². The summed E-state index contributed by atoms with van der Waals surface area (Å²) in [5.41, 5.74) is 2.75. The molecule has 0 saturated carbocycles. The van der Waals surface area contributed by atoms with Crippen LogP contribution in [0.3, 0.4) is 0 Å². The monoisotopic (exact) mass is 448 g/mol. The first-order chi connectivity index (χ1) is 13.9. The zero-order valence-corrected chi connectivity index (χ0v) is 18.9. The van der Waals surface area contributed by atoms with Crippen molar-refractivity contribution >= 4 is 31.5 Å². The highest BCUT2D eigenvalue weighted by atomic mass is 32.2. The highest BCUT2D eigenvalue weighted by Crippen LogP contribution is 2.27. The summed E-state index contributed by atoms with van der Waals surface area (Å²) in [4.78, 5) is 14.9. The Morgan fingerprint density at radius 3 is 2.03 bits per heavy atom. The third-order valence-corrected chi connectivity index (χ3v) is 8.03. The molecule has 0 N–H and O–H groups in total. The van der Waals surface area contributed by atoms with E-state index in [4.69, 9.17) is 0 Å². The Morgan fingerprint density at radius 2 is 1.57 bits per heavy atom. The molecule has 0 fully saturated rings. The molecule has 2 aromatic carbocycles. The molecule has 0 bridgehead atoms. The van der Waals surface area contributed by atoms with E-state index in [1.54, 1.807) is 0 Å². The second-order valence-corrected chi connectivity index (χ2v) is 11.6. The summed E-state index contributed by atoms with van der Waals surface area (Å²) in [5.74, 6) is -0.598. The first-order valence-corrected chi connectivity index (χ1v) is 12.4. The second-order valence-electron chi connectivity index (χ2n) is 7.56. The third-order valence-electron chi connectivity index (χ3n) is 4.83. The molecule has 3 rings (SSSR count). The number of carbonyl (C=O) groups excluding carboxylic acids is 1. The lowest BCUT2D eigenvalue weighted by molar-refractivity contribution is 0.0983. The summed E-state index contributed by atoms with van der Waals surface area (Å²) < 4.78 is 49.6. The number of amides is 1. The van der Waals surface area contributed by atoms with E-state index in [2.05, 4.69) is 0 Å². The van der Waals surface area contributed by atoms with Gasteiger partial charge in [-0.2, -0.15) is 0 Å². The molecule has 1 aliphatic heterocycles. The standard InChI is InChI=1S/C21H24N2O5S2/c1-15-11-16(2)13-19(12-15)23(18-9-10-29(25,26)14-18)21(24)17-5-7-20(8-6-17)30(27,28)22(3)4/h5-13,18H,14H2,1-4H3. The van der Waals surface area contributed by atoms with Crippen LogP contribution in [0.15, 0.2) is 58.8 Å². The molecule has 0 aliphatic carbocycles. The molecule has 0 aromatic heterocycles. The van der Waals surface area contributed by atoms with Crippen molar-refractivity contribution in [1.82, 2.24) is 4.31 Å². The molecule has 7 nitrogen and oxygen atoms in total. The van der Waals surface area contributed by atoms with Gasteiger partial charge in [-0.1, -0.05) is 6.07 Å². The number of anilines is 1. The average Bonchev–Trinajstić information content (AvgIpc) is 3.00. The van der Waals surface area contributed by atoms with Gasteiger partial charge in [0.1, 0.15) is 0 Å². The zero-order chi connectivity index (χ0) is 22.3. The fourth-order valence-corrected chi connectivity index (χ4v) is 5.56. The smallest absolute Gasteiger partial charge is 0.258 e. The van der Waals surface area contributed by atoms with E-state index < -0.39 is 31.8 Å². The lowest BCUT2D eigenvalue weighted by atomic mass is 10.1. The largest absolute Gasteiger partial charge is 0.300 e. The van der Waals surface area contributed by atoms with Crippen LogP contribution < -0.4 is 4.90 Å². The van der Waals surface area contributed by atoms with Crippen LogP contribution in [0.1, 0.15) is 21.5 Å². The van der Waals surface area contributed by atoms with Gasteiger partial charge in [0.05, 0.1) is 16.7 Å². The van der Waals surface area contributed by atoms with E-state index in [-0.39, 0.29) is 16.2 Å². The number of hydrogen-bond acceptors (Lipinski definition) is 5. The molecule has 160 valence electrons. The summed E-state index contributed by atoms with van der Waals surface area (Å²) in [6, 6.07) is 10.6. The summed E-state index contributed by atoms with van der Waals surface area (Å²) in [6.07, 6.45) is 1.51. The van der Waals surface area contributed by atoms with Crippen molar-refractivity contribution in [2.75, 3.05) is 24.7 Å². The molecule has 0 saturated heterocycles. The van der Waals surface area contributed by atoms with Gasteiger partial charge in [0.25, 0.3) is 5.91 Å². The fourth-order valence-electron chi connectivity index (χ4n) is 3.39. The van der Waals surface area contributed by atoms with E-state index in [0.717, 1.165) is 20.8 Å². The Balaban J connectivity index is 2.04. The molecule has 2 aromatic rings. The minimum absolute atomic E-state index is 0.0744. The quantitative estimate of drug-likeness (QED) is 0.701. The van der Waals surface area contributed by atoms with E-state index in [9.17, 15) is 21.6 Å². The minimum atomic E-state index is -3.62. The van der Waals surface area contributed by atoms with Gasteiger partial charge < -0.3 is 4.90 Å². The van der Waals surface area contributed by atoms with Gasteiger partial charge in [-0.05, 0) is 67.4 Å². The van der Waals surface area contributed by atoms with Crippen LogP contribution in [0.5, 0.6) is 0 Å². The van der Waals surface area contributed by atoms with E-state index in [0.29, 0.717) is 5.69 Å². The summed E-state index contributed by atoms with van der Waals surface area (Å²) in [6.45, 7) is 3.81. The Labute approximate surface area is 177 Å². The molecule has 30 heavy (non-hydrogen) atoms. The second kappa shape index (κ2) is 7.98. The maximum Gasteiger partial charge on any atom is 0.258 e. The van der Waals surface area contributed by atoms with Crippen molar-refractivity contribution in [3.63, 3.8) is 0 Å². The lowest BCUT2D eigenvalue weighted by Crippen LogP contribution is -2.41. The molecular formula is C21H24N2O5S2. The number of benzene rings is 2. The van der Waals surface area contributed by atoms with Crippen molar-refractivity contribution in [3.8, 4) is 0 Å². The van der Waals surface area contributed by atoms with Crippen molar-refractivity contribution < 1.29 is 21.6 Å². The molecule has 1 unspecified atom stereocenters. The van der Waals surface area contributed by atoms with Crippen LogP contribution in [0.2, 0.25) is 0 Å².